The van der Waals surface area contributed by atoms with E-state index in [4.69, 9.17) is 0 Å². The fraction of sp³-hybridized carbons (Fsp3) is 0. The Morgan fingerprint density at radius 2 is 2.56 bits per heavy atom. The van der Waals surface area contributed by atoms with E-state index in [9.17, 15) is 9.59 Å². The van der Waals surface area contributed by atoms with E-state index in [1.165, 1.54) is 0 Å². The predicted octanol–water partition coefficient (Wildman–Crippen LogP) is -0.549. The molecule has 1 aromatic rings. The normalized spacial score (nSPS) is 8.89. The molecule has 9 heavy (non-hydrogen) atoms. The quantitative estimate of drug-likeness (QED) is 0.302. The van der Waals surface area contributed by atoms with Gasteiger partial charge in [0.05, 0.1) is 0 Å². The molecule has 0 fully saturated rings. The summed E-state index contributed by atoms with van der Waals surface area (Å²) in [5.41, 5.74) is 0. The second-order valence-corrected chi connectivity index (χ2v) is 1.23. The minimum absolute atomic E-state index is 0.119. The SMILES string of the molecule is O=CC(=O)c1ncno1. The molecule has 1 aromatic heterocycles. The van der Waals surface area contributed by atoms with Crippen LogP contribution < -0.4 is 0 Å². The van der Waals surface area contributed by atoms with Crippen molar-refractivity contribution >= 4 is 12.1 Å². The van der Waals surface area contributed by atoms with Crippen molar-refractivity contribution in [2.45, 2.75) is 0 Å². The third-order valence-electron chi connectivity index (χ3n) is 0.679. The smallest absolute Gasteiger partial charge is 0.301 e. The molecule has 0 aliphatic rings. The molecule has 0 aromatic carbocycles. The lowest BCUT2D eigenvalue weighted by Crippen LogP contribution is -1.98. The Morgan fingerprint density at radius 1 is 1.78 bits per heavy atom. The highest BCUT2D eigenvalue weighted by Crippen LogP contribution is 1.88. The lowest BCUT2D eigenvalue weighted by Gasteiger charge is -1.74. The van der Waals surface area contributed by atoms with Crippen LogP contribution in [0.25, 0.3) is 0 Å². The number of rotatable bonds is 2. The molecule has 0 saturated heterocycles. The molecule has 0 aliphatic heterocycles. The van der Waals surface area contributed by atoms with Crippen molar-refractivity contribution in [3.8, 4) is 0 Å². The van der Waals surface area contributed by atoms with Gasteiger partial charge < -0.3 is 4.52 Å². The minimum atomic E-state index is -0.799. The van der Waals surface area contributed by atoms with Gasteiger partial charge in [-0.2, -0.15) is 4.98 Å². The summed E-state index contributed by atoms with van der Waals surface area (Å²) < 4.78 is 4.24. The Bertz CT molecular complexity index is 216. The maximum atomic E-state index is 10.3. The fourth-order valence-electron chi connectivity index (χ4n) is 0.332. The van der Waals surface area contributed by atoms with Gasteiger partial charge in [-0.1, -0.05) is 5.16 Å². The molecule has 0 N–H and O–H groups in total. The number of carbonyl (C=O) groups is 2. The van der Waals surface area contributed by atoms with Crippen LogP contribution in [-0.2, 0) is 4.79 Å². The van der Waals surface area contributed by atoms with Crippen LogP contribution in [0.3, 0.4) is 0 Å². The van der Waals surface area contributed by atoms with Crippen LogP contribution in [0.1, 0.15) is 10.7 Å². The van der Waals surface area contributed by atoms with E-state index in [0.717, 1.165) is 6.33 Å². The average molecular weight is 126 g/mol. The molecule has 46 valence electrons. The molecule has 0 bridgehead atoms. The maximum absolute atomic E-state index is 10.3. The Kier molecular flexibility index (Phi) is 1.35. The zero-order valence-electron chi connectivity index (χ0n) is 4.27. The topological polar surface area (TPSA) is 73.1 Å². The van der Waals surface area contributed by atoms with Crippen LogP contribution in [0.4, 0.5) is 0 Å². The van der Waals surface area contributed by atoms with E-state index in [1.54, 1.807) is 0 Å². The van der Waals surface area contributed by atoms with Crippen molar-refractivity contribution in [1.82, 2.24) is 10.1 Å². The first-order chi connectivity index (χ1) is 4.34. The van der Waals surface area contributed by atoms with Gasteiger partial charge in [0.15, 0.2) is 12.6 Å². The Morgan fingerprint density at radius 3 is 3.00 bits per heavy atom. The Hall–Kier alpha value is -1.52. The van der Waals surface area contributed by atoms with Crippen molar-refractivity contribution in [3.05, 3.63) is 12.2 Å². The third-order valence-corrected chi connectivity index (χ3v) is 0.679. The van der Waals surface area contributed by atoms with Crippen LogP contribution in [0.5, 0.6) is 0 Å². The average Bonchev–Trinajstić information content (AvgIpc) is 2.37. The van der Waals surface area contributed by atoms with Crippen molar-refractivity contribution in [2.24, 2.45) is 0 Å². The molecule has 5 nitrogen and oxygen atoms in total. The maximum Gasteiger partial charge on any atom is 0.301 e. The first kappa shape index (κ1) is 5.61. The summed E-state index contributed by atoms with van der Waals surface area (Å²) in [6, 6.07) is 0. The summed E-state index contributed by atoms with van der Waals surface area (Å²) in [5.74, 6) is -1.07. The van der Waals surface area contributed by atoms with Gasteiger partial charge in [-0.3, -0.25) is 9.59 Å². The molecule has 5 heteroatoms. The first-order valence-corrected chi connectivity index (χ1v) is 2.11. The highest BCUT2D eigenvalue weighted by Gasteiger charge is 2.08. The van der Waals surface area contributed by atoms with Crippen LogP contribution >= 0.6 is 0 Å². The number of hydrogen-bond acceptors (Lipinski definition) is 5. The number of aldehydes is 1. The van der Waals surface area contributed by atoms with Crippen LogP contribution in [-0.4, -0.2) is 22.2 Å². The monoisotopic (exact) mass is 126 g/mol. The lowest BCUT2D eigenvalue weighted by molar-refractivity contribution is -0.104. The van der Waals surface area contributed by atoms with Gasteiger partial charge in [0.1, 0.15) is 0 Å². The largest absolute Gasteiger partial charge is 0.330 e. The molecule has 1 rings (SSSR count). The van der Waals surface area contributed by atoms with Gasteiger partial charge in [-0.15, -0.1) is 0 Å². The number of aromatic nitrogens is 2. The number of hydrogen-bond donors (Lipinski definition) is 0. The van der Waals surface area contributed by atoms with Gasteiger partial charge in [0.25, 0.3) is 5.78 Å². The zero-order chi connectivity index (χ0) is 6.69. The van der Waals surface area contributed by atoms with E-state index >= 15 is 0 Å². The molecule has 0 atom stereocenters. The third kappa shape index (κ3) is 0.987. The molecule has 0 aliphatic carbocycles. The van der Waals surface area contributed by atoms with Crippen molar-refractivity contribution < 1.29 is 14.1 Å². The van der Waals surface area contributed by atoms with Crippen LogP contribution in [0.2, 0.25) is 0 Å². The highest BCUT2D eigenvalue weighted by molar-refractivity contribution is 6.31. The summed E-state index contributed by atoms with van der Waals surface area (Å²) in [6.07, 6.45) is 1.17. The Balaban J connectivity index is 2.89. The summed E-state index contributed by atoms with van der Waals surface area (Å²) in [6.45, 7) is 0. The summed E-state index contributed by atoms with van der Waals surface area (Å²) >= 11 is 0. The standard InChI is InChI=1S/C4H2N2O3/c7-1-3(8)4-5-2-6-9-4/h1-2H. The number of ketones is 1. The van der Waals surface area contributed by atoms with Gasteiger partial charge >= 0.3 is 5.89 Å². The minimum Gasteiger partial charge on any atom is -0.330 e. The van der Waals surface area contributed by atoms with Gasteiger partial charge in [0.2, 0.25) is 0 Å². The van der Waals surface area contributed by atoms with Gasteiger partial charge in [-0.25, -0.2) is 0 Å². The number of carbonyl (C=O) groups excluding carboxylic acids is 2. The lowest BCUT2D eigenvalue weighted by atomic mass is 10.4. The highest BCUT2D eigenvalue weighted by atomic mass is 16.5. The Labute approximate surface area is 49.7 Å². The second-order valence-electron chi connectivity index (χ2n) is 1.23. The van der Waals surface area contributed by atoms with Crippen molar-refractivity contribution in [2.75, 3.05) is 0 Å². The predicted molar refractivity (Wildman–Crippen MR) is 24.7 cm³/mol. The molecule has 0 spiro atoms. The molecule has 0 amide bonds. The van der Waals surface area contributed by atoms with Gasteiger partial charge in [0, 0.05) is 0 Å². The molecular weight excluding hydrogens is 124 g/mol. The molecule has 0 saturated carbocycles. The van der Waals surface area contributed by atoms with Gasteiger partial charge in [-0.05, 0) is 0 Å². The molecule has 0 radical (unpaired) electrons. The van der Waals surface area contributed by atoms with Crippen LogP contribution in [0, 0.1) is 0 Å². The summed E-state index contributed by atoms with van der Waals surface area (Å²) in [7, 11) is 0. The fourth-order valence-corrected chi connectivity index (χ4v) is 0.332. The van der Waals surface area contributed by atoms with E-state index in [0.29, 0.717) is 0 Å². The van der Waals surface area contributed by atoms with E-state index in [2.05, 4.69) is 14.7 Å². The second kappa shape index (κ2) is 2.17. The zero-order valence-corrected chi connectivity index (χ0v) is 4.27. The number of nitrogens with zero attached hydrogens (tertiary/aromatic N) is 2. The van der Waals surface area contributed by atoms with Crippen molar-refractivity contribution in [3.63, 3.8) is 0 Å². The molecular formula is C4H2N2O3. The summed E-state index contributed by atoms with van der Waals surface area (Å²) in [4.78, 5) is 23.4. The first-order valence-electron chi connectivity index (χ1n) is 2.11. The number of Topliss-reactive ketones (excluding diaryl/α,β-unsaturated/α-hetero) is 1. The molecule has 0 unspecified atom stereocenters. The van der Waals surface area contributed by atoms with E-state index in [-0.39, 0.29) is 12.2 Å². The van der Waals surface area contributed by atoms with E-state index < -0.39 is 5.78 Å². The van der Waals surface area contributed by atoms with Crippen LogP contribution in [0.15, 0.2) is 10.9 Å². The van der Waals surface area contributed by atoms with Crippen molar-refractivity contribution in [1.29, 1.82) is 0 Å². The molecule has 1 heterocycles. The summed E-state index contributed by atoms with van der Waals surface area (Å²) in [5, 5.41) is 3.13. The van der Waals surface area contributed by atoms with E-state index in [1.807, 2.05) is 0 Å².